The van der Waals surface area contributed by atoms with Crippen LogP contribution in [0, 0.1) is 5.82 Å². The summed E-state index contributed by atoms with van der Waals surface area (Å²) in [5.74, 6) is -0.970. The molecule has 0 aromatic heterocycles. The largest absolute Gasteiger partial charge is 0.396 e. The Morgan fingerprint density at radius 1 is 1.20 bits per heavy atom. The fraction of sp³-hybridized carbons (Fsp3) is 0.0714. The standard InChI is InChI=1S/C14H13FN2O2S/c15-12-7-11(4-5-13(12)16)20(19)8-9-2-1-3-10(6-9)14(17)18/h1-7H,8,16H2,(H2,17,18). The van der Waals surface area contributed by atoms with E-state index in [0.29, 0.717) is 16.0 Å². The molecule has 1 unspecified atom stereocenters. The van der Waals surface area contributed by atoms with E-state index >= 15 is 0 Å². The van der Waals surface area contributed by atoms with Crippen LogP contribution >= 0.6 is 0 Å². The van der Waals surface area contributed by atoms with Crippen molar-refractivity contribution in [2.75, 3.05) is 5.73 Å². The van der Waals surface area contributed by atoms with Crippen LogP contribution in [0.4, 0.5) is 10.1 Å². The maximum Gasteiger partial charge on any atom is 0.248 e. The highest BCUT2D eigenvalue weighted by Gasteiger charge is 2.09. The molecule has 104 valence electrons. The Morgan fingerprint density at radius 3 is 2.60 bits per heavy atom. The molecule has 0 bridgehead atoms. The average molecular weight is 292 g/mol. The molecule has 20 heavy (non-hydrogen) atoms. The Morgan fingerprint density at radius 2 is 1.95 bits per heavy atom. The van der Waals surface area contributed by atoms with Crippen LogP contribution in [0.15, 0.2) is 47.4 Å². The first kappa shape index (κ1) is 14.2. The molecule has 2 aromatic carbocycles. The molecule has 0 fully saturated rings. The summed E-state index contributed by atoms with van der Waals surface area (Å²) >= 11 is 0. The van der Waals surface area contributed by atoms with Gasteiger partial charge in [0.2, 0.25) is 5.91 Å². The molecule has 1 atom stereocenters. The Balaban J connectivity index is 2.21. The van der Waals surface area contributed by atoms with Crippen molar-refractivity contribution in [1.29, 1.82) is 0 Å². The molecule has 6 heteroatoms. The number of carbonyl (C=O) groups excluding carboxylic acids is 1. The lowest BCUT2D eigenvalue weighted by Crippen LogP contribution is -2.11. The van der Waals surface area contributed by atoms with Crippen molar-refractivity contribution in [3.05, 3.63) is 59.4 Å². The topological polar surface area (TPSA) is 86.2 Å². The lowest BCUT2D eigenvalue weighted by molar-refractivity contribution is 0.1000. The number of nitrogens with two attached hydrogens (primary N) is 2. The zero-order chi connectivity index (χ0) is 14.7. The first-order valence-corrected chi connectivity index (χ1v) is 7.11. The predicted octanol–water partition coefficient (Wildman–Crippen LogP) is 1.81. The van der Waals surface area contributed by atoms with Gasteiger partial charge in [-0.3, -0.25) is 9.00 Å². The molecule has 2 rings (SSSR count). The minimum absolute atomic E-state index is 0.0153. The van der Waals surface area contributed by atoms with Gasteiger partial charge >= 0.3 is 0 Å². The molecule has 0 aliphatic carbocycles. The number of primary amides is 1. The summed E-state index contributed by atoms with van der Waals surface area (Å²) < 4.78 is 25.5. The number of amides is 1. The molecule has 1 amide bonds. The summed E-state index contributed by atoms with van der Waals surface area (Å²) in [6.07, 6.45) is 0. The number of nitrogen functional groups attached to an aromatic ring is 1. The number of hydrogen-bond acceptors (Lipinski definition) is 3. The van der Waals surface area contributed by atoms with Gasteiger partial charge in [0.1, 0.15) is 5.82 Å². The molecular formula is C14H13FN2O2S. The van der Waals surface area contributed by atoms with Crippen molar-refractivity contribution in [3.63, 3.8) is 0 Å². The third kappa shape index (κ3) is 3.21. The summed E-state index contributed by atoms with van der Waals surface area (Å²) in [6.45, 7) is 0. The number of carbonyl (C=O) groups is 1. The maximum absolute atomic E-state index is 13.3. The van der Waals surface area contributed by atoms with Gasteiger partial charge in [-0.25, -0.2) is 4.39 Å². The van der Waals surface area contributed by atoms with Gasteiger partial charge < -0.3 is 11.5 Å². The fourth-order valence-electron chi connectivity index (χ4n) is 1.70. The zero-order valence-corrected chi connectivity index (χ0v) is 11.3. The van der Waals surface area contributed by atoms with Crippen LogP contribution in [-0.2, 0) is 16.6 Å². The van der Waals surface area contributed by atoms with Crippen molar-refractivity contribution in [3.8, 4) is 0 Å². The second-order valence-electron chi connectivity index (χ2n) is 4.24. The Hall–Kier alpha value is -2.21. The summed E-state index contributed by atoms with van der Waals surface area (Å²) in [5.41, 5.74) is 11.6. The van der Waals surface area contributed by atoms with Crippen LogP contribution in [0.5, 0.6) is 0 Å². The van der Waals surface area contributed by atoms with Crippen molar-refractivity contribution >= 4 is 22.4 Å². The molecular weight excluding hydrogens is 279 g/mol. The molecule has 4 nitrogen and oxygen atoms in total. The van der Waals surface area contributed by atoms with E-state index in [9.17, 15) is 13.4 Å². The lowest BCUT2D eigenvalue weighted by Gasteiger charge is -2.05. The monoisotopic (exact) mass is 292 g/mol. The molecule has 0 heterocycles. The normalized spacial score (nSPS) is 12.1. The maximum atomic E-state index is 13.3. The van der Waals surface area contributed by atoms with Crippen LogP contribution in [0.25, 0.3) is 0 Å². The molecule has 0 radical (unpaired) electrons. The smallest absolute Gasteiger partial charge is 0.248 e. The van der Waals surface area contributed by atoms with E-state index in [1.54, 1.807) is 24.3 Å². The highest BCUT2D eigenvalue weighted by atomic mass is 32.2. The lowest BCUT2D eigenvalue weighted by atomic mass is 10.1. The first-order valence-electron chi connectivity index (χ1n) is 5.79. The van der Waals surface area contributed by atoms with E-state index in [4.69, 9.17) is 11.5 Å². The van der Waals surface area contributed by atoms with Gasteiger partial charge in [0.05, 0.1) is 22.2 Å². The molecule has 0 aliphatic heterocycles. The van der Waals surface area contributed by atoms with E-state index in [0.717, 1.165) is 6.07 Å². The Bertz CT molecular complexity index is 689. The van der Waals surface area contributed by atoms with E-state index in [1.165, 1.54) is 12.1 Å². The minimum atomic E-state index is -1.42. The molecule has 0 aliphatic rings. The fourth-order valence-corrected chi connectivity index (χ4v) is 2.80. The first-order chi connectivity index (χ1) is 9.47. The van der Waals surface area contributed by atoms with Gasteiger partial charge in [-0.05, 0) is 35.9 Å². The number of anilines is 1. The van der Waals surface area contributed by atoms with Gasteiger partial charge in [-0.1, -0.05) is 12.1 Å². The van der Waals surface area contributed by atoms with Crippen LogP contribution < -0.4 is 11.5 Å². The van der Waals surface area contributed by atoms with E-state index in [-0.39, 0.29) is 11.4 Å². The Kier molecular flexibility index (Phi) is 4.14. The van der Waals surface area contributed by atoms with Crippen LogP contribution in [0.3, 0.4) is 0 Å². The third-order valence-electron chi connectivity index (χ3n) is 2.74. The summed E-state index contributed by atoms with van der Waals surface area (Å²) in [7, 11) is -1.42. The zero-order valence-electron chi connectivity index (χ0n) is 10.5. The highest BCUT2D eigenvalue weighted by Crippen LogP contribution is 2.18. The van der Waals surface area contributed by atoms with Crippen LogP contribution in [0.2, 0.25) is 0 Å². The van der Waals surface area contributed by atoms with E-state index in [2.05, 4.69) is 0 Å². The third-order valence-corrected chi connectivity index (χ3v) is 4.12. The second-order valence-corrected chi connectivity index (χ2v) is 5.69. The summed E-state index contributed by atoms with van der Waals surface area (Å²) in [6, 6.07) is 10.6. The molecule has 0 saturated heterocycles. The molecule has 4 N–H and O–H groups in total. The minimum Gasteiger partial charge on any atom is -0.396 e. The number of benzene rings is 2. The number of hydrogen-bond donors (Lipinski definition) is 2. The molecule has 2 aromatic rings. The summed E-state index contributed by atoms with van der Waals surface area (Å²) in [5, 5.41) is 0. The van der Waals surface area contributed by atoms with Gasteiger partial charge in [-0.15, -0.1) is 0 Å². The van der Waals surface area contributed by atoms with Crippen molar-refractivity contribution < 1.29 is 13.4 Å². The quantitative estimate of drug-likeness (QED) is 0.843. The average Bonchev–Trinajstić information content (AvgIpc) is 2.42. The molecule has 0 saturated carbocycles. The highest BCUT2D eigenvalue weighted by molar-refractivity contribution is 7.84. The van der Waals surface area contributed by atoms with Crippen molar-refractivity contribution in [1.82, 2.24) is 0 Å². The van der Waals surface area contributed by atoms with Crippen molar-refractivity contribution in [2.24, 2.45) is 5.73 Å². The Labute approximate surface area is 118 Å². The van der Waals surface area contributed by atoms with E-state index in [1.807, 2.05) is 0 Å². The SMILES string of the molecule is NC(=O)c1cccc(CS(=O)c2ccc(N)c(F)c2)c1. The van der Waals surface area contributed by atoms with Gasteiger partial charge in [0, 0.05) is 10.5 Å². The van der Waals surface area contributed by atoms with Crippen LogP contribution in [-0.4, -0.2) is 10.1 Å². The van der Waals surface area contributed by atoms with Crippen molar-refractivity contribution in [2.45, 2.75) is 10.6 Å². The molecule has 0 spiro atoms. The van der Waals surface area contributed by atoms with E-state index < -0.39 is 22.5 Å². The number of halogens is 1. The van der Waals surface area contributed by atoms with Gasteiger partial charge in [0.25, 0.3) is 0 Å². The predicted molar refractivity (Wildman–Crippen MR) is 75.9 cm³/mol. The number of rotatable bonds is 4. The summed E-state index contributed by atoms with van der Waals surface area (Å²) in [4.78, 5) is 11.4. The van der Waals surface area contributed by atoms with Gasteiger partial charge in [0.15, 0.2) is 0 Å². The van der Waals surface area contributed by atoms with Crippen LogP contribution in [0.1, 0.15) is 15.9 Å². The van der Waals surface area contributed by atoms with Gasteiger partial charge in [-0.2, -0.15) is 0 Å². The second kappa shape index (κ2) is 5.83.